The minimum atomic E-state index is -3.71. The Morgan fingerprint density at radius 1 is 0.811 bits per heavy atom. The van der Waals surface area contributed by atoms with E-state index in [1.54, 1.807) is 0 Å². The summed E-state index contributed by atoms with van der Waals surface area (Å²) in [6.07, 6.45) is 2.83. The number of rotatable bonds is 13. The van der Waals surface area contributed by atoms with Crippen LogP contribution in [-0.2, 0) is 32.7 Å². The van der Waals surface area contributed by atoms with Crippen LogP contribution in [0.15, 0.2) is 91.0 Å². The smallest absolute Gasteiger partial charge is 0.247 e. The van der Waals surface area contributed by atoms with Crippen molar-refractivity contribution in [1.29, 1.82) is 0 Å². The van der Waals surface area contributed by atoms with Gasteiger partial charge in [0.1, 0.15) is 6.04 Å². The third-order valence-electron chi connectivity index (χ3n) is 6.00. The van der Waals surface area contributed by atoms with E-state index in [9.17, 15) is 18.0 Å². The van der Waals surface area contributed by atoms with E-state index in [2.05, 4.69) is 5.32 Å². The molecule has 0 aliphatic carbocycles. The summed E-state index contributed by atoms with van der Waals surface area (Å²) in [5.74, 6) is -0.748. The molecule has 2 amide bonds. The van der Waals surface area contributed by atoms with Crippen molar-refractivity contribution in [1.82, 2.24) is 14.5 Å². The number of unbranched alkanes of at least 4 members (excludes halogenated alkanes) is 1. The lowest BCUT2D eigenvalue weighted by molar-refractivity contribution is -0.141. The van der Waals surface area contributed by atoms with E-state index in [0.29, 0.717) is 12.1 Å². The van der Waals surface area contributed by atoms with Crippen molar-refractivity contribution < 1.29 is 18.0 Å². The third-order valence-corrected chi connectivity index (χ3v) is 7.20. The quantitative estimate of drug-likeness (QED) is 0.343. The van der Waals surface area contributed by atoms with E-state index >= 15 is 0 Å². The van der Waals surface area contributed by atoms with Gasteiger partial charge in [0.2, 0.25) is 21.8 Å². The van der Waals surface area contributed by atoms with Gasteiger partial charge in [0, 0.05) is 19.6 Å². The second-order valence-corrected chi connectivity index (χ2v) is 11.0. The van der Waals surface area contributed by atoms with Gasteiger partial charge < -0.3 is 10.2 Å². The van der Waals surface area contributed by atoms with E-state index in [0.717, 1.165) is 34.5 Å². The molecule has 8 heteroatoms. The Morgan fingerprint density at radius 2 is 1.32 bits per heavy atom. The van der Waals surface area contributed by atoms with Crippen molar-refractivity contribution in [2.75, 3.05) is 19.3 Å². The molecule has 1 N–H and O–H groups in total. The van der Waals surface area contributed by atoms with Crippen molar-refractivity contribution in [2.45, 2.75) is 38.9 Å². The molecule has 37 heavy (non-hydrogen) atoms. The molecular weight excluding hydrogens is 486 g/mol. The van der Waals surface area contributed by atoms with Crippen LogP contribution in [0, 0.1) is 0 Å². The van der Waals surface area contributed by atoms with Gasteiger partial charge in [-0.15, -0.1) is 0 Å². The van der Waals surface area contributed by atoms with Crippen LogP contribution in [0.3, 0.4) is 0 Å². The van der Waals surface area contributed by atoms with Gasteiger partial charge in [0.25, 0.3) is 0 Å². The van der Waals surface area contributed by atoms with Crippen molar-refractivity contribution in [3.8, 4) is 0 Å². The molecule has 3 aromatic carbocycles. The number of sulfonamides is 1. The van der Waals surface area contributed by atoms with E-state index in [4.69, 9.17) is 0 Å². The first-order valence-corrected chi connectivity index (χ1v) is 14.3. The van der Waals surface area contributed by atoms with Crippen LogP contribution < -0.4 is 5.32 Å². The summed E-state index contributed by atoms with van der Waals surface area (Å²) in [5.41, 5.74) is 2.27. The Bertz CT molecular complexity index is 1240. The SMILES string of the molecule is CCCCNC(=O)[C@H](c1ccccc1)N(Cc1ccccc1)C(=O)CN(Cc1ccccc1)S(C)(=O)=O. The van der Waals surface area contributed by atoms with Crippen LogP contribution >= 0.6 is 0 Å². The average molecular weight is 522 g/mol. The molecule has 0 bridgehead atoms. The molecule has 0 saturated carbocycles. The molecule has 0 spiro atoms. The number of nitrogens with one attached hydrogen (secondary N) is 1. The first-order valence-electron chi connectivity index (χ1n) is 12.4. The minimum absolute atomic E-state index is 0.0588. The van der Waals surface area contributed by atoms with Gasteiger partial charge in [0.05, 0.1) is 12.8 Å². The van der Waals surface area contributed by atoms with Crippen molar-refractivity contribution in [3.05, 3.63) is 108 Å². The molecule has 1 atom stereocenters. The highest BCUT2D eigenvalue weighted by Crippen LogP contribution is 2.25. The third kappa shape index (κ3) is 8.55. The Balaban J connectivity index is 1.98. The number of hydrogen-bond acceptors (Lipinski definition) is 4. The number of carbonyl (C=O) groups excluding carboxylic acids is 2. The van der Waals surface area contributed by atoms with Crippen LogP contribution in [0.25, 0.3) is 0 Å². The molecule has 0 aromatic heterocycles. The highest BCUT2D eigenvalue weighted by molar-refractivity contribution is 7.88. The maximum absolute atomic E-state index is 13.9. The Kier molecular flexibility index (Phi) is 10.4. The zero-order valence-electron chi connectivity index (χ0n) is 21.4. The Hall–Kier alpha value is -3.49. The molecule has 7 nitrogen and oxygen atoms in total. The van der Waals surface area contributed by atoms with Gasteiger partial charge in [-0.3, -0.25) is 9.59 Å². The Morgan fingerprint density at radius 3 is 1.84 bits per heavy atom. The van der Waals surface area contributed by atoms with E-state index in [1.807, 2.05) is 97.9 Å². The highest BCUT2D eigenvalue weighted by atomic mass is 32.2. The number of nitrogens with zero attached hydrogens (tertiary/aromatic N) is 2. The molecule has 3 aromatic rings. The van der Waals surface area contributed by atoms with Gasteiger partial charge in [-0.1, -0.05) is 104 Å². The second-order valence-electron chi connectivity index (χ2n) is 8.98. The van der Waals surface area contributed by atoms with E-state index < -0.39 is 22.0 Å². The summed E-state index contributed by atoms with van der Waals surface area (Å²) in [6.45, 7) is 2.37. The summed E-state index contributed by atoms with van der Waals surface area (Å²) < 4.78 is 26.5. The summed E-state index contributed by atoms with van der Waals surface area (Å²) in [7, 11) is -3.71. The lowest BCUT2D eigenvalue weighted by atomic mass is 10.0. The predicted molar refractivity (Wildman–Crippen MR) is 146 cm³/mol. The molecular formula is C29H35N3O4S. The van der Waals surface area contributed by atoms with Crippen LogP contribution in [-0.4, -0.2) is 48.8 Å². The molecule has 0 radical (unpaired) electrons. The minimum Gasteiger partial charge on any atom is -0.354 e. The zero-order valence-corrected chi connectivity index (χ0v) is 22.2. The first-order chi connectivity index (χ1) is 17.8. The van der Waals surface area contributed by atoms with Gasteiger partial charge in [-0.2, -0.15) is 4.31 Å². The van der Waals surface area contributed by atoms with Crippen LogP contribution in [0.4, 0.5) is 0 Å². The second kappa shape index (κ2) is 13.7. The molecule has 0 aliphatic heterocycles. The maximum Gasteiger partial charge on any atom is 0.247 e. The number of hydrogen-bond donors (Lipinski definition) is 1. The normalized spacial score (nSPS) is 12.2. The molecule has 3 rings (SSSR count). The summed E-state index contributed by atoms with van der Waals surface area (Å²) in [6, 6.07) is 26.7. The van der Waals surface area contributed by atoms with Crippen molar-refractivity contribution in [2.24, 2.45) is 0 Å². The maximum atomic E-state index is 13.9. The van der Waals surface area contributed by atoms with E-state index in [1.165, 1.54) is 4.90 Å². The lowest BCUT2D eigenvalue weighted by Crippen LogP contribution is -2.47. The molecule has 0 fully saturated rings. The summed E-state index contributed by atoms with van der Waals surface area (Å²) >= 11 is 0. The number of amides is 2. The molecule has 0 aliphatic rings. The molecule has 0 saturated heterocycles. The number of carbonyl (C=O) groups is 2. The fourth-order valence-electron chi connectivity index (χ4n) is 4.02. The monoisotopic (exact) mass is 521 g/mol. The number of benzene rings is 3. The van der Waals surface area contributed by atoms with Gasteiger partial charge >= 0.3 is 0 Å². The Labute approximate surface area is 220 Å². The van der Waals surface area contributed by atoms with E-state index in [-0.39, 0.29) is 25.5 Å². The van der Waals surface area contributed by atoms with Gasteiger partial charge in [0.15, 0.2) is 0 Å². The topological polar surface area (TPSA) is 86.8 Å². The predicted octanol–water partition coefficient (Wildman–Crippen LogP) is 4.13. The fourth-order valence-corrected chi connectivity index (χ4v) is 4.74. The largest absolute Gasteiger partial charge is 0.354 e. The molecule has 196 valence electrons. The van der Waals surface area contributed by atoms with Crippen molar-refractivity contribution >= 4 is 21.8 Å². The first kappa shape index (κ1) is 28.1. The van der Waals surface area contributed by atoms with Crippen LogP contribution in [0.1, 0.15) is 42.5 Å². The van der Waals surface area contributed by atoms with Crippen LogP contribution in [0.5, 0.6) is 0 Å². The summed E-state index contributed by atoms with van der Waals surface area (Å²) in [4.78, 5) is 28.9. The zero-order chi connectivity index (χ0) is 26.7. The molecule has 0 heterocycles. The highest BCUT2D eigenvalue weighted by Gasteiger charge is 2.33. The average Bonchev–Trinajstić information content (AvgIpc) is 2.89. The summed E-state index contributed by atoms with van der Waals surface area (Å²) in [5, 5.41) is 2.96. The van der Waals surface area contributed by atoms with Crippen LogP contribution in [0.2, 0.25) is 0 Å². The van der Waals surface area contributed by atoms with Crippen molar-refractivity contribution in [3.63, 3.8) is 0 Å². The standard InChI is InChI=1S/C29H35N3O4S/c1-3-4-20-30-29(34)28(26-18-12-7-13-19-26)32(22-25-16-10-6-11-17-25)27(33)23-31(37(2,35)36)21-24-14-8-5-9-15-24/h5-19,28H,3-4,20-23H2,1-2H3,(H,30,34)/t28-/m0/s1. The fraction of sp³-hybridized carbons (Fsp3) is 0.310. The van der Waals surface area contributed by atoms with Gasteiger partial charge in [-0.05, 0) is 23.1 Å². The molecule has 0 unspecified atom stereocenters. The lowest BCUT2D eigenvalue weighted by Gasteiger charge is -2.33. The van der Waals surface area contributed by atoms with Gasteiger partial charge in [-0.25, -0.2) is 8.42 Å².